The molecule has 0 fully saturated rings. The van der Waals surface area contributed by atoms with Crippen molar-refractivity contribution in [2.75, 3.05) is 25.7 Å². The third kappa shape index (κ3) is 12.9. The summed E-state index contributed by atoms with van der Waals surface area (Å²) in [5.41, 5.74) is 6.31. The van der Waals surface area contributed by atoms with Gasteiger partial charge in [0.05, 0.1) is 25.3 Å². The summed E-state index contributed by atoms with van der Waals surface area (Å²) in [6.07, 6.45) is 20.3. The number of nitrogens with two attached hydrogens (primary N) is 1. The fourth-order valence-electron chi connectivity index (χ4n) is 4.42. The molecule has 7 heteroatoms. The summed E-state index contributed by atoms with van der Waals surface area (Å²) in [6, 6.07) is 3.77. The number of amides is 2. The molecule has 0 heterocycles. The van der Waals surface area contributed by atoms with Gasteiger partial charge in [0, 0.05) is 12.2 Å². The normalized spacial score (nSPS) is 10.8. The minimum Gasteiger partial charge on any atom is -0.465 e. The molecule has 1 aromatic carbocycles. The molecule has 1 rings (SSSR count). The lowest BCUT2D eigenvalue weighted by molar-refractivity contribution is 0.0599. The largest absolute Gasteiger partial charge is 0.465 e. The lowest BCUT2D eigenvalue weighted by Gasteiger charge is -2.21. The second-order valence-corrected chi connectivity index (χ2v) is 9.54. The van der Waals surface area contributed by atoms with Gasteiger partial charge in [-0.2, -0.15) is 0 Å². The number of rotatable bonds is 20. The summed E-state index contributed by atoms with van der Waals surface area (Å²) in [5, 5.41) is 0. The number of hydrogen-bond donors (Lipinski definition) is 1. The number of anilines is 1. The quantitative estimate of drug-likeness (QED) is 0.147. The Hall–Kier alpha value is -2.57. The van der Waals surface area contributed by atoms with Crippen molar-refractivity contribution in [3.63, 3.8) is 0 Å². The predicted octanol–water partition coefficient (Wildman–Crippen LogP) is 7.41. The number of primary amides is 1. The van der Waals surface area contributed by atoms with Crippen LogP contribution in [-0.2, 0) is 9.47 Å². The molecule has 204 valence electrons. The lowest BCUT2D eigenvalue weighted by Crippen LogP contribution is -2.36. The van der Waals surface area contributed by atoms with E-state index in [9.17, 15) is 14.4 Å². The summed E-state index contributed by atoms with van der Waals surface area (Å²) in [6.45, 7) is 2.68. The third-order valence-corrected chi connectivity index (χ3v) is 6.57. The second kappa shape index (κ2) is 19.6. The first-order valence-electron chi connectivity index (χ1n) is 13.8. The van der Waals surface area contributed by atoms with Gasteiger partial charge in [-0.05, 0) is 24.6 Å². The first-order valence-corrected chi connectivity index (χ1v) is 13.8. The SMILES string of the molecule is CCCCCCCCCCCCCCCCCCN(C(N)=O)c1cc(C(=O)OC)cc(C(=O)OC)c1. The van der Waals surface area contributed by atoms with Gasteiger partial charge in [-0.1, -0.05) is 103 Å². The maximum Gasteiger partial charge on any atom is 0.337 e. The standard InChI is InChI=1S/C29H48N2O5/c1-4-5-6-7-8-9-10-11-12-13-14-15-16-17-18-19-20-31(29(30)34)26-22-24(27(32)35-2)21-25(23-26)28(33)36-3/h21-23H,4-20H2,1-3H3,(H2,30,34). The van der Waals surface area contributed by atoms with Gasteiger partial charge in [0.15, 0.2) is 0 Å². The molecule has 0 aromatic heterocycles. The van der Waals surface area contributed by atoms with Gasteiger partial charge in [-0.3, -0.25) is 4.90 Å². The molecule has 2 N–H and O–H groups in total. The number of methoxy groups -OCH3 is 2. The van der Waals surface area contributed by atoms with Gasteiger partial charge in [-0.15, -0.1) is 0 Å². The lowest BCUT2D eigenvalue weighted by atomic mass is 10.0. The number of carbonyl (C=O) groups excluding carboxylic acids is 3. The minimum absolute atomic E-state index is 0.161. The van der Waals surface area contributed by atoms with Crippen molar-refractivity contribution in [3.05, 3.63) is 29.3 Å². The highest BCUT2D eigenvalue weighted by Gasteiger charge is 2.19. The maximum absolute atomic E-state index is 12.1. The number of carbonyl (C=O) groups is 3. The molecule has 0 unspecified atom stereocenters. The van der Waals surface area contributed by atoms with Crippen molar-refractivity contribution in [1.82, 2.24) is 0 Å². The van der Waals surface area contributed by atoms with Crippen LogP contribution in [0.25, 0.3) is 0 Å². The fraction of sp³-hybridized carbons (Fsp3) is 0.690. The van der Waals surface area contributed by atoms with E-state index in [0.29, 0.717) is 12.2 Å². The topological polar surface area (TPSA) is 98.9 Å². The molecule has 1 aromatic rings. The van der Waals surface area contributed by atoms with Gasteiger partial charge >= 0.3 is 18.0 Å². The Balaban J connectivity index is 2.31. The van der Waals surface area contributed by atoms with Crippen molar-refractivity contribution in [3.8, 4) is 0 Å². The highest BCUT2D eigenvalue weighted by molar-refractivity contribution is 5.99. The predicted molar refractivity (Wildman–Crippen MR) is 146 cm³/mol. The van der Waals surface area contributed by atoms with E-state index < -0.39 is 18.0 Å². The molecule has 0 saturated heterocycles. The monoisotopic (exact) mass is 504 g/mol. The zero-order valence-electron chi connectivity index (χ0n) is 22.8. The summed E-state index contributed by atoms with van der Waals surface area (Å²) in [4.78, 5) is 37.6. The summed E-state index contributed by atoms with van der Waals surface area (Å²) >= 11 is 0. The van der Waals surface area contributed by atoms with Gasteiger partial charge < -0.3 is 15.2 Å². The Morgan fingerprint density at radius 1 is 0.639 bits per heavy atom. The van der Waals surface area contributed by atoms with Crippen LogP contribution >= 0.6 is 0 Å². The number of unbranched alkanes of at least 4 members (excludes halogenated alkanes) is 15. The Morgan fingerprint density at radius 2 is 1.00 bits per heavy atom. The molecule has 36 heavy (non-hydrogen) atoms. The highest BCUT2D eigenvalue weighted by Crippen LogP contribution is 2.22. The third-order valence-electron chi connectivity index (χ3n) is 6.57. The van der Waals surface area contributed by atoms with E-state index in [4.69, 9.17) is 15.2 Å². The zero-order chi connectivity index (χ0) is 26.6. The molecule has 0 aliphatic heterocycles. The van der Waals surface area contributed by atoms with E-state index in [1.54, 1.807) is 0 Å². The molecule has 0 spiro atoms. The average Bonchev–Trinajstić information content (AvgIpc) is 2.88. The molecule has 0 radical (unpaired) electrons. The van der Waals surface area contributed by atoms with Crippen LogP contribution in [0, 0.1) is 0 Å². The number of hydrogen-bond acceptors (Lipinski definition) is 5. The van der Waals surface area contributed by atoms with Crippen molar-refractivity contribution in [2.45, 2.75) is 110 Å². The molecule has 2 amide bonds. The second-order valence-electron chi connectivity index (χ2n) is 9.54. The summed E-state index contributed by atoms with van der Waals surface area (Å²) < 4.78 is 9.54. The van der Waals surface area contributed by atoms with E-state index in [0.717, 1.165) is 19.3 Å². The number of nitrogens with zero attached hydrogens (tertiary/aromatic N) is 1. The molecule has 7 nitrogen and oxygen atoms in total. The Bertz CT molecular complexity index is 747. The van der Waals surface area contributed by atoms with E-state index in [2.05, 4.69) is 6.92 Å². The fourth-order valence-corrected chi connectivity index (χ4v) is 4.42. The van der Waals surface area contributed by atoms with Crippen LogP contribution in [0.5, 0.6) is 0 Å². The number of benzene rings is 1. The Kier molecular flexibility index (Phi) is 17.1. The van der Waals surface area contributed by atoms with Crippen LogP contribution in [0.2, 0.25) is 0 Å². The van der Waals surface area contributed by atoms with Gasteiger partial charge in [0.1, 0.15) is 0 Å². The smallest absolute Gasteiger partial charge is 0.337 e. The molecule has 0 aliphatic carbocycles. The van der Waals surface area contributed by atoms with Crippen molar-refractivity contribution in [2.24, 2.45) is 5.73 Å². The van der Waals surface area contributed by atoms with Crippen LogP contribution < -0.4 is 10.6 Å². The van der Waals surface area contributed by atoms with Crippen LogP contribution in [0.3, 0.4) is 0 Å². The van der Waals surface area contributed by atoms with Gasteiger partial charge in [-0.25, -0.2) is 14.4 Å². The first kappa shape index (κ1) is 31.5. The number of urea groups is 1. The van der Waals surface area contributed by atoms with E-state index in [-0.39, 0.29) is 11.1 Å². The van der Waals surface area contributed by atoms with Crippen molar-refractivity contribution < 1.29 is 23.9 Å². The van der Waals surface area contributed by atoms with Gasteiger partial charge in [0.25, 0.3) is 0 Å². The Labute approximate surface area is 218 Å². The molecule has 0 atom stereocenters. The summed E-state index contributed by atoms with van der Waals surface area (Å²) in [5.74, 6) is -1.21. The van der Waals surface area contributed by atoms with E-state index in [1.165, 1.54) is 121 Å². The molecular formula is C29H48N2O5. The maximum atomic E-state index is 12.1. The van der Waals surface area contributed by atoms with Gasteiger partial charge in [0.2, 0.25) is 0 Å². The zero-order valence-corrected chi connectivity index (χ0v) is 22.8. The number of esters is 2. The van der Waals surface area contributed by atoms with Crippen molar-refractivity contribution >= 4 is 23.7 Å². The highest BCUT2D eigenvalue weighted by atomic mass is 16.5. The average molecular weight is 505 g/mol. The van der Waals surface area contributed by atoms with Crippen LogP contribution in [-0.4, -0.2) is 38.7 Å². The van der Waals surface area contributed by atoms with Crippen LogP contribution in [0.15, 0.2) is 18.2 Å². The molecule has 0 saturated carbocycles. The first-order chi connectivity index (χ1) is 17.4. The van der Waals surface area contributed by atoms with Crippen molar-refractivity contribution in [1.29, 1.82) is 0 Å². The number of ether oxygens (including phenoxy) is 2. The molecule has 0 bridgehead atoms. The van der Waals surface area contributed by atoms with E-state index >= 15 is 0 Å². The summed E-state index contributed by atoms with van der Waals surface area (Å²) in [7, 11) is 2.52. The van der Waals surface area contributed by atoms with Crippen LogP contribution in [0.4, 0.5) is 10.5 Å². The van der Waals surface area contributed by atoms with Crippen LogP contribution in [0.1, 0.15) is 130 Å². The van der Waals surface area contributed by atoms with E-state index in [1.807, 2.05) is 0 Å². The Morgan fingerprint density at radius 3 is 1.33 bits per heavy atom. The minimum atomic E-state index is -0.631. The molecule has 0 aliphatic rings. The molecular weight excluding hydrogens is 456 g/mol.